The first-order valence-corrected chi connectivity index (χ1v) is 7.85. The molecule has 4 rings (SSSR count). The van der Waals surface area contributed by atoms with Crippen LogP contribution >= 0.6 is 0 Å². The highest BCUT2D eigenvalue weighted by Gasteiger charge is 2.47. The van der Waals surface area contributed by atoms with E-state index in [1.165, 1.54) is 0 Å². The van der Waals surface area contributed by atoms with Crippen molar-refractivity contribution in [3.8, 4) is 11.3 Å². The fourth-order valence-corrected chi connectivity index (χ4v) is 3.23. The van der Waals surface area contributed by atoms with E-state index in [1.54, 1.807) is 0 Å². The molecule has 0 N–H and O–H groups in total. The second-order valence-electron chi connectivity index (χ2n) is 6.78. The van der Waals surface area contributed by atoms with Gasteiger partial charge in [-0.3, -0.25) is 4.79 Å². The zero-order valence-corrected chi connectivity index (χ0v) is 13.5. The summed E-state index contributed by atoms with van der Waals surface area (Å²) in [5.74, 6) is 0.146. The molecule has 0 unspecified atom stereocenters. The van der Waals surface area contributed by atoms with Crippen LogP contribution in [0.2, 0.25) is 0 Å². The van der Waals surface area contributed by atoms with Crippen LogP contribution in [-0.2, 0) is 14.9 Å². The van der Waals surface area contributed by atoms with Gasteiger partial charge in [0.15, 0.2) is 0 Å². The molecule has 23 heavy (non-hydrogen) atoms. The standard InChI is InChI=1S/C18H19N3O2/c1-11-4-7-15(20-19-11)12-5-6-14-16(8-12)21(13-9-23-10-13)17(22)18(14,2)3/h4-8,13H,9-10H2,1-3H3. The second kappa shape index (κ2) is 4.86. The summed E-state index contributed by atoms with van der Waals surface area (Å²) in [6, 6.07) is 10.2. The number of carbonyl (C=O) groups is 1. The first-order chi connectivity index (χ1) is 11.0. The van der Waals surface area contributed by atoms with Crippen LogP contribution in [0, 0.1) is 6.92 Å². The van der Waals surface area contributed by atoms with Gasteiger partial charge in [0, 0.05) is 11.3 Å². The molecule has 1 fully saturated rings. The van der Waals surface area contributed by atoms with Gasteiger partial charge >= 0.3 is 0 Å². The van der Waals surface area contributed by atoms with E-state index in [0.29, 0.717) is 13.2 Å². The number of anilines is 1. The number of ether oxygens (including phenoxy) is 1. The highest BCUT2D eigenvalue weighted by Crippen LogP contribution is 2.44. The van der Waals surface area contributed by atoms with Crippen molar-refractivity contribution >= 4 is 11.6 Å². The van der Waals surface area contributed by atoms with E-state index in [4.69, 9.17) is 4.74 Å². The Morgan fingerprint density at radius 2 is 1.96 bits per heavy atom. The van der Waals surface area contributed by atoms with Crippen molar-refractivity contribution in [2.45, 2.75) is 32.2 Å². The van der Waals surface area contributed by atoms with Crippen molar-refractivity contribution in [3.63, 3.8) is 0 Å². The Bertz CT molecular complexity index is 779. The molecule has 0 spiro atoms. The molecular formula is C18H19N3O2. The molecule has 5 heteroatoms. The number of carbonyl (C=O) groups excluding carboxylic acids is 1. The first kappa shape index (κ1) is 14.3. The lowest BCUT2D eigenvalue weighted by Gasteiger charge is -2.35. The molecule has 1 saturated heterocycles. The third-order valence-corrected chi connectivity index (χ3v) is 4.76. The summed E-state index contributed by atoms with van der Waals surface area (Å²) < 4.78 is 5.29. The molecule has 0 atom stereocenters. The van der Waals surface area contributed by atoms with Crippen molar-refractivity contribution in [3.05, 3.63) is 41.6 Å². The number of amides is 1. The Hall–Kier alpha value is -2.27. The number of aromatic nitrogens is 2. The lowest BCUT2D eigenvalue weighted by atomic mass is 9.85. The van der Waals surface area contributed by atoms with Crippen LogP contribution in [0.4, 0.5) is 5.69 Å². The lowest BCUT2D eigenvalue weighted by Crippen LogP contribution is -2.52. The average Bonchev–Trinajstić information content (AvgIpc) is 2.67. The van der Waals surface area contributed by atoms with Crippen LogP contribution in [0.15, 0.2) is 30.3 Å². The number of benzene rings is 1. The second-order valence-corrected chi connectivity index (χ2v) is 6.78. The van der Waals surface area contributed by atoms with E-state index in [2.05, 4.69) is 16.3 Å². The summed E-state index contributed by atoms with van der Waals surface area (Å²) in [7, 11) is 0. The Kier molecular flexibility index (Phi) is 3.03. The van der Waals surface area contributed by atoms with Gasteiger partial charge in [0.1, 0.15) is 0 Å². The number of hydrogen-bond acceptors (Lipinski definition) is 4. The third-order valence-electron chi connectivity index (χ3n) is 4.76. The minimum atomic E-state index is -0.498. The van der Waals surface area contributed by atoms with Crippen molar-refractivity contribution in [2.24, 2.45) is 0 Å². The van der Waals surface area contributed by atoms with E-state index in [0.717, 1.165) is 28.2 Å². The van der Waals surface area contributed by atoms with E-state index < -0.39 is 5.41 Å². The topological polar surface area (TPSA) is 55.3 Å². The van der Waals surface area contributed by atoms with Gasteiger partial charge in [-0.2, -0.15) is 10.2 Å². The average molecular weight is 309 g/mol. The highest BCUT2D eigenvalue weighted by atomic mass is 16.5. The fourth-order valence-electron chi connectivity index (χ4n) is 3.23. The molecule has 0 bridgehead atoms. The number of aryl methyl sites for hydroxylation is 1. The summed E-state index contributed by atoms with van der Waals surface area (Å²) in [5.41, 5.74) is 4.24. The van der Waals surface area contributed by atoms with Crippen LogP contribution in [0.3, 0.4) is 0 Å². The van der Waals surface area contributed by atoms with Gasteiger partial charge in [-0.1, -0.05) is 12.1 Å². The molecule has 0 aliphatic carbocycles. The summed E-state index contributed by atoms with van der Waals surface area (Å²) >= 11 is 0. The van der Waals surface area contributed by atoms with Gasteiger partial charge in [0.05, 0.1) is 36.1 Å². The SMILES string of the molecule is Cc1ccc(-c2ccc3c(c2)N(C2COC2)C(=O)C3(C)C)nn1. The molecule has 2 aromatic rings. The molecule has 0 radical (unpaired) electrons. The summed E-state index contributed by atoms with van der Waals surface area (Å²) in [6.45, 7) is 7.10. The normalized spacial score (nSPS) is 19.6. The maximum atomic E-state index is 12.9. The summed E-state index contributed by atoms with van der Waals surface area (Å²) in [6.07, 6.45) is 0. The summed E-state index contributed by atoms with van der Waals surface area (Å²) in [5, 5.41) is 8.38. The fraction of sp³-hybridized carbons (Fsp3) is 0.389. The number of nitrogens with zero attached hydrogens (tertiary/aromatic N) is 3. The highest BCUT2D eigenvalue weighted by molar-refractivity contribution is 6.08. The van der Waals surface area contributed by atoms with Gasteiger partial charge in [0.25, 0.3) is 0 Å². The number of hydrogen-bond donors (Lipinski definition) is 0. The smallest absolute Gasteiger partial charge is 0.237 e. The quantitative estimate of drug-likeness (QED) is 0.855. The van der Waals surface area contributed by atoms with Crippen LogP contribution in [0.5, 0.6) is 0 Å². The Labute approximate surface area is 135 Å². The molecule has 2 aliphatic heterocycles. The largest absolute Gasteiger partial charge is 0.377 e. The molecular weight excluding hydrogens is 290 g/mol. The minimum absolute atomic E-state index is 0.141. The van der Waals surface area contributed by atoms with Crippen molar-refractivity contribution in [2.75, 3.05) is 18.1 Å². The van der Waals surface area contributed by atoms with E-state index in [-0.39, 0.29) is 11.9 Å². The molecule has 0 saturated carbocycles. The first-order valence-electron chi connectivity index (χ1n) is 7.85. The van der Waals surface area contributed by atoms with Gasteiger partial charge in [-0.05, 0) is 44.5 Å². The molecule has 1 amide bonds. The monoisotopic (exact) mass is 309 g/mol. The van der Waals surface area contributed by atoms with E-state index in [1.807, 2.05) is 49.9 Å². The Balaban J connectivity index is 1.82. The van der Waals surface area contributed by atoms with Crippen LogP contribution in [-0.4, -0.2) is 35.4 Å². The molecule has 5 nitrogen and oxygen atoms in total. The van der Waals surface area contributed by atoms with E-state index in [9.17, 15) is 4.79 Å². The zero-order chi connectivity index (χ0) is 16.2. The maximum Gasteiger partial charge on any atom is 0.237 e. The number of fused-ring (bicyclic) bond motifs is 1. The van der Waals surface area contributed by atoms with Crippen LogP contribution in [0.1, 0.15) is 25.1 Å². The molecule has 3 heterocycles. The van der Waals surface area contributed by atoms with Crippen molar-refractivity contribution < 1.29 is 9.53 Å². The molecule has 2 aliphatic rings. The number of rotatable bonds is 2. The molecule has 118 valence electrons. The molecule has 1 aromatic carbocycles. The Morgan fingerprint density at radius 1 is 1.17 bits per heavy atom. The van der Waals surface area contributed by atoms with Crippen molar-refractivity contribution in [1.29, 1.82) is 0 Å². The predicted octanol–water partition coefficient (Wildman–Crippen LogP) is 2.48. The van der Waals surface area contributed by atoms with Crippen molar-refractivity contribution in [1.82, 2.24) is 10.2 Å². The van der Waals surface area contributed by atoms with Gasteiger partial charge < -0.3 is 9.64 Å². The minimum Gasteiger partial charge on any atom is -0.377 e. The third kappa shape index (κ3) is 2.07. The predicted molar refractivity (Wildman–Crippen MR) is 87.3 cm³/mol. The van der Waals surface area contributed by atoms with Crippen LogP contribution < -0.4 is 4.90 Å². The van der Waals surface area contributed by atoms with E-state index >= 15 is 0 Å². The summed E-state index contributed by atoms with van der Waals surface area (Å²) in [4.78, 5) is 14.8. The van der Waals surface area contributed by atoms with Crippen LogP contribution in [0.25, 0.3) is 11.3 Å². The van der Waals surface area contributed by atoms with Gasteiger partial charge in [0.2, 0.25) is 5.91 Å². The van der Waals surface area contributed by atoms with Gasteiger partial charge in [-0.25, -0.2) is 0 Å². The lowest BCUT2D eigenvalue weighted by molar-refractivity contribution is -0.124. The molecule has 1 aromatic heterocycles. The maximum absolute atomic E-state index is 12.9. The van der Waals surface area contributed by atoms with Gasteiger partial charge in [-0.15, -0.1) is 0 Å². The zero-order valence-electron chi connectivity index (χ0n) is 13.5. The Morgan fingerprint density at radius 3 is 2.57 bits per heavy atom.